The fraction of sp³-hybridized carbons (Fsp3) is 0.450. The van der Waals surface area contributed by atoms with Crippen LogP contribution in [0.5, 0.6) is 0 Å². The first kappa shape index (κ1) is 26.6. The number of alkyl halides is 3. The van der Waals surface area contributed by atoms with Gasteiger partial charge in [-0.05, 0) is 37.1 Å². The maximum atomic E-state index is 12.7. The first-order valence-electron chi connectivity index (χ1n) is 9.54. The van der Waals surface area contributed by atoms with Gasteiger partial charge in [0.2, 0.25) is 11.5 Å². The fourth-order valence-corrected chi connectivity index (χ4v) is 2.33. The van der Waals surface area contributed by atoms with Crippen LogP contribution in [-0.4, -0.2) is 48.9 Å². The van der Waals surface area contributed by atoms with Crippen molar-refractivity contribution >= 4 is 23.5 Å². The molecule has 0 spiro atoms. The molecule has 32 heavy (non-hydrogen) atoms. The summed E-state index contributed by atoms with van der Waals surface area (Å²) in [6, 6.07) is 4.24. The number of nitrogens with one attached hydrogen (secondary N) is 1. The number of carbonyl (C=O) groups excluding carboxylic acids is 3. The predicted octanol–water partition coefficient (Wildman–Crippen LogP) is 3.98. The minimum Gasteiger partial charge on any atom is -0.502 e. The lowest BCUT2D eigenvalue weighted by Crippen LogP contribution is -2.45. The molecule has 1 aromatic carbocycles. The maximum Gasteiger partial charge on any atom is 0.451 e. The molecule has 0 bridgehead atoms. The average molecular weight is 459 g/mol. The van der Waals surface area contributed by atoms with Crippen LogP contribution >= 0.6 is 0 Å². The highest BCUT2D eigenvalue weighted by Crippen LogP contribution is 2.28. The van der Waals surface area contributed by atoms with Crippen molar-refractivity contribution in [2.75, 3.05) is 13.7 Å². The molecule has 0 saturated heterocycles. The second-order valence-corrected chi connectivity index (χ2v) is 6.52. The Labute approximate surface area is 182 Å². The summed E-state index contributed by atoms with van der Waals surface area (Å²) < 4.78 is 47.4. The van der Waals surface area contributed by atoms with E-state index < -0.39 is 41.5 Å². The number of hydrogen-bond donors (Lipinski definition) is 2. The zero-order valence-electron chi connectivity index (χ0n) is 17.9. The van der Waals surface area contributed by atoms with E-state index >= 15 is 0 Å². The number of methoxy groups -OCH3 is 1. The highest BCUT2D eigenvalue weighted by Gasteiger charge is 2.39. The largest absolute Gasteiger partial charge is 0.502 e. The summed E-state index contributed by atoms with van der Waals surface area (Å²) in [5, 5.41) is 18.5. The number of amides is 1. The lowest BCUT2D eigenvalue weighted by atomic mass is 9.99. The Balaban J connectivity index is 3.07. The number of halogens is 3. The Kier molecular flexibility index (Phi) is 9.82. The highest BCUT2D eigenvalue weighted by molar-refractivity contribution is 5.97. The van der Waals surface area contributed by atoms with Gasteiger partial charge in [-0.1, -0.05) is 20.3 Å². The third-order valence-corrected chi connectivity index (χ3v) is 4.31. The van der Waals surface area contributed by atoms with Crippen LogP contribution in [0.1, 0.15) is 37.6 Å². The van der Waals surface area contributed by atoms with Gasteiger partial charge in [-0.15, -0.1) is 5.11 Å². The van der Waals surface area contributed by atoms with E-state index in [2.05, 4.69) is 20.3 Å². The molecule has 1 amide bonds. The molecule has 2 unspecified atom stereocenters. The van der Waals surface area contributed by atoms with Crippen molar-refractivity contribution in [1.29, 1.82) is 0 Å². The van der Waals surface area contributed by atoms with Gasteiger partial charge in [-0.3, -0.25) is 4.79 Å². The number of ether oxygens (including phenoxy) is 2. The van der Waals surface area contributed by atoms with Gasteiger partial charge in [0.05, 0.1) is 19.4 Å². The van der Waals surface area contributed by atoms with E-state index in [1.807, 2.05) is 6.92 Å². The van der Waals surface area contributed by atoms with Gasteiger partial charge < -0.3 is 19.9 Å². The summed E-state index contributed by atoms with van der Waals surface area (Å²) >= 11 is 0. The van der Waals surface area contributed by atoms with E-state index in [-0.39, 0.29) is 23.8 Å². The molecular weight excluding hydrogens is 435 g/mol. The summed E-state index contributed by atoms with van der Waals surface area (Å²) in [5.41, 5.74) is -1.28. The van der Waals surface area contributed by atoms with Crippen LogP contribution in [0.2, 0.25) is 0 Å². The van der Waals surface area contributed by atoms with Crippen LogP contribution in [-0.2, 0) is 19.1 Å². The fourth-order valence-electron chi connectivity index (χ4n) is 2.33. The summed E-state index contributed by atoms with van der Waals surface area (Å²) in [7, 11) is 1.21. The van der Waals surface area contributed by atoms with Gasteiger partial charge in [0.15, 0.2) is 0 Å². The number of nitrogens with zero attached hydrogens (tertiary/aromatic N) is 2. The number of carbonyl (C=O) groups is 3. The number of aliphatic hydroxyl groups excluding tert-OH is 1. The highest BCUT2D eigenvalue weighted by atomic mass is 19.4. The summed E-state index contributed by atoms with van der Waals surface area (Å²) in [4.78, 5) is 36.0. The molecule has 1 rings (SSSR count). The van der Waals surface area contributed by atoms with Crippen molar-refractivity contribution in [3.63, 3.8) is 0 Å². The van der Waals surface area contributed by atoms with Gasteiger partial charge in [0.1, 0.15) is 6.04 Å². The van der Waals surface area contributed by atoms with E-state index in [4.69, 9.17) is 4.74 Å². The molecule has 9 nitrogen and oxygen atoms in total. The third kappa shape index (κ3) is 7.36. The molecule has 0 aliphatic rings. The number of hydrogen-bond acceptors (Lipinski definition) is 8. The minimum atomic E-state index is -5.23. The molecule has 176 valence electrons. The van der Waals surface area contributed by atoms with E-state index in [0.717, 1.165) is 0 Å². The van der Waals surface area contributed by atoms with Crippen molar-refractivity contribution in [3.8, 4) is 0 Å². The van der Waals surface area contributed by atoms with Crippen molar-refractivity contribution in [2.45, 2.75) is 39.4 Å². The monoisotopic (exact) mass is 459 g/mol. The lowest BCUT2D eigenvalue weighted by Gasteiger charge is -2.21. The maximum absolute atomic E-state index is 12.7. The first-order chi connectivity index (χ1) is 15.0. The second kappa shape index (κ2) is 11.8. The Morgan fingerprint density at radius 3 is 2.22 bits per heavy atom. The molecular formula is C20H24F3N3O6. The standard InChI is InChI=1S/C20H24F3N3O6/c1-5-11(3)14(18(29)31-4)24-17(28)12-7-9-13(10-8-12)25-26-15(19(30)32-6-2)16(27)20(21,22)23/h7-11,14,27H,5-6H2,1-4H3,(H,24,28)/b16-15+,26-25?. The molecule has 2 atom stereocenters. The van der Waals surface area contributed by atoms with Crippen molar-refractivity contribution < 1.29 is 42.1 Å². The Bertz CT molecular complexity index is 882. The number of benzene rings is 1. The van der Waals surface area contributed by atoms with Crippen LogP contribution in [0.15, 0.2) is 46.0 Å². The second-order valence-electron chi connectivity index (χ2n) is 6.52. The minimum absolute atomic E-state index is 0.00947. The van der Waals surface area contributed by atoms with Crippen LogP contribution in [0.3, 0.4) is 0 Å². The predicted molar refractivity (Wildman–Crippen MR) is 106 cm³/mol. The molecule has 2 N–H and O–H groups in total. The van der Waals surface area contributed by atoms with Gasteiger partial charge in [-0.2, -0.15) is 18.3 Å². The molecule has 0 aliphatic heterocycles. The van der Waals surface area contributed by atoms with Crippen molar-refractivity contribution in [3.05, 3.63) is 41.3 Å². The number of allylic oxidation sites excluding steroid dienone is 1. The Morgan fingerprint density at radius 2 is 1.75 bits per heavy atom. The first-order valence-corrected chi connectivity index (χ1v) is 9.54. The topological polar surface area (TPSA) is 127 Å². The van der Waals surface area contributed by atoms with Gasteiger partial charge in [-0.25, -0.2) is 9.59 Å². The molecule has 1 aromatic rings. The quantitative estimate of drug-likeness (QED) is 0.249. The summed E-state index contributed by atoms with van der Waals surface area (Å²) in [6.45, 7) is 4.75. The SMILES string of the molecule is CCOC(=O)/C(N=Nc1ccc(C(=O)NC(C(=O)OC)C(C)CC)cc1)=C(\O)C(F)(F)F. The van der Waals surface area contributed by atoms with Crippen LogP contribution < -0.4 is 5.32 Å². The van der Waals surface area contributed by atoms with E-state index in [9.17, 15) is 32.7 Å². The van der Waals surface area contributed by atoms with Crippen LogP contribution in [0, 0.1) is 5.92 Å². The van der Waals surface area contributed by atoms with Crippen molar-refractivity contribution in [2.24, 2.45) is 16.1 Å². The van der Waals surface area contributed by atoms with Crippen LogP contribution in [0.25, 0.3) is 0 Å². The van der Waals surface area contributed by atoms with E-state index in [1.165, 1.54) is 38.3 Å². The molecule has 0 heterocycles. The number of azo groups is 1. The van der Waals surface area contributed by atoms with Gasteiger partial charge in [0, 0.05) is 5.56 Å². The number of aliphatic hydroxyl groups is 1. The molecule has 0 aromatic heterocycles. The van der Waals surface area contributed by atoms with Crippen LogP contribution in [0.4, 0.5) is 18.9 Å². The molecule has 0 saturated carbocycles. The molecule has 12 heteroatoms. The number of esters is 2. The van der Waals surface area contributed by atoms with Gasteiger partial charge >= 0.3 is 18.1 Å². The molecule has 0 fully saturated rings. The van der Waals surface area contributed by atoms with E-state index in [0.29, 0.717) is 6.42 Å². The van der Waals surface area contributed by atoms with E-state index in [1.54, 1.807) is 6.92 Å². The average Bonchev–Trinajstić information content (AvgIpc) is 2.76. The summed E-state index contributed by atoms with van der Waals surface area (Å²) in [6.07, 6.45) is -4.62. The normalized spacial score (nSPS) is 14.3. The Morgan fingerprint density at radius 1 is 1.16 bits per heavy atom. The smallest absolute Gasteiger partial charge is 0.451 e. The molecule has 0 radical (unpaired) electrons. The Hall–Kier alpha value is -3.44. The summed E-state index contributed by atoms with van der Waals surface area (Å²) in [5.74, 6) is -5.10. The third-order valence-electron chi connectivity index (χ3n) is 4.31. The zero-order chi connectivity index (χ0) is 24.5. The molecule has 0 aliphatic carbocycles. The number of rotatable bonds is 9. The van der Waals surface area contributed by atoms with Gasteiger partial charge in [0.25, 0.3) is 5.91 Å². The zero-order valence-corrected chi connectivity index (χ0v) is 17.9. The lowest BCUT2D eigenvalue weighted by molar-refractivity contribution is -0.144. The van der Waals surface area contributed by atoms with Crippen molar-refractivity contribution in [1.82, 2.24) is 5.32 Å².